The molecule has 1 amide bonds. The maximum absolute atomic E-state index is 11.9. The Morgan fingerprint density at radius 2 is 1.90 bits per heavy atom. The molecule has 0 heterocycles. The molecule has 0 saturated carbocycles. The molecule has 0 aliphatic carbocycles. The first kappa shape index (κ1) is 16.7. The standard InChI is InChI=1S/C16H27N3O/c1-13(2)19(3)11-5-4-10-18-16(20)15-8-6-14(12-17)7-9-15/h6-9,13H,4-5,10-12,17H2,1-3H3,(H,18,20). The van der Waals surface area contributed by atoms with Gasteiger partial charge >= 0.3 is 0 Å². The SMILES string of the molecule is CC(C)N(C)CCCCNC(=O)c1ccc(CN)cc1. The molecule has 3 N–H and O–H groups in total. The van der Waals surface area contributed by atoms with Crippen molar-refractivity contribution in [2.45, 2.75) is 39.3 Å². The van der Waals surface area contributed by atoms with Gasteiger partial charge in [0.1, 0.15) is 0 Å². The summed E-state index contributed by atoms with van der Waals surface area (Å²) in [5.74, 6) is -0.00853. The lowest BCUT2D eigenvalue weighted by Crippen LogP contribution is -2.29. The molecule has 0 spiro atoms. The predicted octanol–water partition coefficient (Wildman–Crippen LogP) is 2.00. The molecule has 0 atom stereocenters. The first-order valence-electron chi connectivity index (χ1n) is 7.32. The Morgan fingerprint density at radius 1 is 1.25 bits per heavy atom. The van der Waals surface area contributed by atoms with Crippen LogP contribution in [0.25, 0.3) is 0 Å². The number of unbranched alkanes of at least 4 members (excludes halogenated alkanes) is 1. The van der Waals surface area contributed by atoms with Crippen LogP contribution in [-0.2, 0) is 6.54 Å². The predicted molar refractivity (Wildman–Crippen MR) is 83.7 cm³/mol. The highest BCUT2D eigenvalue weighted by atomic mass is 16.1. The van der Waals surface area contributed by atoms with E-state index in [1.54, 1.807) is 0 Å². The van der Waals surface area contributed by atoms with E-state index >= 15 is 0 Å². The second-order valence-electron chi connectivity index (χ2n) is 5.44. The van der Waals surface area contributed by atoms with Crippen LogP contribution in [0.15, 0.2) is 24.3 Å². The van der Waals surface area contributed by atoms with E-state index in [1.807, 2.05) is 24.3 Å². The average Bonchev–Trinajstić information content (AvgIpc) is 2.46. The number of hydrogen-bond donors (Lipinski definition) is 2. The van der Waals surface area contributed by atoms with E-state index < -0.39 is 0 Å². The summed E-state index contributed by atoms with van der Waals surface area (Å²) in [6.07, 6.45) is 2.10. The number of nitrogens with one attached hydrogen (secondary N) is 1. The van der Waals surface area contributed by atoms with Gasteiger partial charge in [-0.3, -0.25) is 4.79 Å². The van der Waals surface area contributed by atoms with Gasteiger partial charge in [0.25, 0.3) is 5.91 Å². The van der Waals surface area contributed by atoms with Crippen molar-refractivity contribution in [2.24, 2.45) is 5.73 Å². The average molecular weight is 277 g/mol. The summed E-state index contributed by atoms with van der Waals surface area (Å²) in [6.45, 7) is 6.67. The van der Waals surface area contributed by atoms with Gasteiger partial charge in [0.2, 0.25) is 0 Å². The quantitative estimate of drug-likeness (QED) is 0.715. The largest absolute Gasteiger partial charge is 0.352 e. The Hall–Kier alpha value is -1.39. The van der Waals surface area contributed by atoms with Crippen LogP contribution < -0.4 is 11.1 Å². The van der Waals surface area contributed by atoms with Crippen LogP contribution in [0.1, 0.15) is 42.6 Å². The Kier molecular flexibility index (Phi) is 7.26. The van der Waals surface area contributed by atoms with Crippen LogP contribution in [0, 0.1) is 0 Å². The van der Waals surface area contributed by atoms with Gasteiger partial charge < -0.3 is 16.0 Å². The third-order valence-electron chi connectivity index (χ3n) is 3.56. The van der Waals surface area contributed by atoms with Crippen LogP contribution >= 0.6 is 0 Å². The molecule has 20 heavy (non-hydrogen) atoms. The van der Waals surface area contributed by atoms with Crippen molar-refractivity contribution in [1.29, 1.82) is 0 Å². The molecule has 0 bridgehead atoms. The molecule has 1 aromatic rings. The summed E-state index contributed by atoms with van der Waals surface area (Å²) >= 11 is 0. The molecule has 0 fully saturated rings. The summed E-state index contributed by atoms with van der Waals surface area (Å²) in [5.41, 5.74) is 7.27. The van der Waals surface area contributed by atoms with Crippen molar-refractivity contribution < 1.29 is 4.79 Å². The summed E-state index contributed by atoms with van der Waals surface area (Å²) in [7, 11) is 2.13. The molecule has 0 saturated heterocycles. The molecular weight excluding hydrogens is 250 g/mol. The Labute approximate surface area is 122 Å². The van der Waals surface area contributed by atoms with Gasteiger partial charge in [-0.2, -0.15) is 0 Å². The highest BCUT2D eigenvalue weighted by Gasteiger charge is 2.05. The molecule has 0 radical (unpaired) electrons. The maximum Gasteiger partial charge on any atom is 0.251 e. The molecule has 0 aromatic heterocycles. The minimum absolute atomic E-state index is 0.00853. The molecule has 1 rings (SSSR count). The molecule has 1 aromatic carbocycles. The number of rotatable bonds is 8. The Balaban J connectivity index is 2.22. The topological polar surface area (TPSA) is 58.4 Å². The van der Waals surface area contributed by atoms with Crippen LogP contribution in [0.5, 0.6) is 0 Å². The van der Waals surface area contributed by atoms with Crippen LogP contribution in [0.3, 0.4) is 0 Å². The first-order valence-corrected chi connectivity index (χ1v) is 7.32. The van der Waals surface area contributed by atoms with Crippen molar-refractivity contribution in [3.05, 3.63) is 35.4 Å². The lowest BCUT2D eigenvalue weighted by Gasteiger charge is -2.20. The number of nitrogens with zero attached hydrogens (tertiary/aromatic N) is 1. The van der Waals surface area contributed by atoms with Gasteiger partial charge in [0.05, 0.1) is 0 Å². The summed E-state index contributed by atoms with van der Waals surface area (Å²) in [6, 6.07) is 8.01. The van der Waals surface area contributed by atoms with Crippen LogP contribution in [-0.4, -0.2) is 37.0 Å². The number of nitrogens with two attached hydrogens (primary N) is 1. The van der Waals surface area contributed by atoms with E-state index in [4.69, 9.17) is 5.73 Å². The van der Waals surface area contributed by atoms with Gasteiger partial charge in [-0.25, -0.2) is 0 Å². The minimum atomic E-state index is -0.00853. The van der Waals surface area contributed by atoms with Crippen molar-refractivity contribution in [2.75, 3.05) is 20.1 Å². The van der Waals surface area contributed by atoms with E-state index in [-0.39, 0.29) is 5.91 Å². The Bertz CT molecular complexity index is 401. The summed E-state index contributed by atoms with van der Waals surface area (Å²) in [4.78, 5) is 14.2. The molecule has 0 unspecified atom stereocenters. The van der Waals surface area contributed by atoms with Crippen molar-refractivity contribution in [3.63, 3.8) is 0 Å². The highest BCUT2D eigenvalue weighted by Crippen LogP contribution is 2.04. The van der Waals surface area contributed by atoms with Gasteiger partial charge in [-0.15, -0.1) is 0 Å². The maximum atomic E-state index is 11.9. The zero-order valence-corrected chi connectivity index (χ0v) is 12.9. The number of amides is 1. The fourth-order valence-corrected chi connectivity index (χ4v) is 1.84. The Morgan fingerprint density at radius 3 is 2.45 bits per heavy atom. The van der Waals surface area contributed by atoms with E-state index in [1.165, 1.54) is 0 Å². The highest BCUT2D eigenvalue weighted by molar-refractivity contribution is 5.94. The molecule has 4 nitrogen and oxygen atoms in total. The fourth-order valence-electron chi connectivity index (χ4n) is 1.84. The van der Waals surface area contributed by atoms with E-state index in [9.17, 15) is 4.79 Å². The van der Waals surface area contributed by atoms with Crippen molar-refractivity contribution >= 4 is 5.91 Å². The third-order valence-corrected chi connectivity index (χ3v) is 3.56. The smallest absolute Gasteiger partial charge is 0.251 e. The van der Waals surface area contributed by atoms with Crippen LogP contribution in [0.2, 0.25) is 0 Å². The molecule has 0 aliphatic heterocycles. The van der Waals surface area contributed by atoms with Crippen molar-refractivity contribution in [1.82, 2.24) is 10.2 Å². The third kappa shape index (κ3) is 5.72. The second kappa shape index (κ2) is 8.72. The van der Waals surface area contributed by atoms with Gasteiger partial charge in [-0.05, 0) is 58.0 Å². The second-order valence-corrected chi connectivity index (χ2v) is 5.44. The zero-order valence-electron chi connectivity index (χ0n) is 12.9. The summed E-state index contributed by atoms with van der Waals surface area (Å²) in [5, 5.41) is 2.95. The lowest BCUT2D eigenvalue weighted by atomic mass is 10.1. The lowest BCUT2D eigenvalue weighted by molar-refractivity contribution is 0.0952. The number of carbonyl (C=O) groups is 1. The summed E-state index contributed by atoms with van der Waals surface area (Å²) < 4.78 is 0. The van der Waals surface area contributed by atoms with Gasteiger partial charge in [0.15, 0.2) is 0 Å². The molecular formula is C16H27N3O. The van der Waals surface area contributed by atoms with Crippen LogP contribution in [0.4, 0.5) is 0 Å². The number of hydrogen-bond acceptors (Lipinski definition) is 3. The number of benzene rings is 1. The molecule has 4 heteroatoms. The molecule has 0 aliphatic rings. The van der Waals surface area contributed by atoms with Gasteiger partial charge in [-0.1, -0.05) is 12.1 Å². The minimum Gasteiger partial charge on any atom is -0.352 e. The molecule has 112 valence electrons. The van der Waals surface area contributed by atoms with E-state index in [0.29, 0.717) is 18.2 Å². The number of carbonyl (C=O) groups excluding carboxylic acids is 1. The normalized spacial score (nSPS) is 11.1. The van der Waals surface area contributed by atoms with Gasteiger partial charge in [0, 0.05) is 24.7 Å². The van der Waals surface area contributed by atoms with E-state index in [0.717, 1.165) is 31.5 Å². The first-order chi connectivity index (χ1) is 9.54. The monoisotopic (exact) mass is 277 g/mol. The fraction of sp³-hybridized carbons (Fsp3) is 0.562. The van der Waals surface area contributed by atoms with E-state index in [2.05, 4.69) is 31.1 Å². The van der Waals surface area contributed by atoms with Crippen molar-refractivity contribution in [3.8, 4) is 0 Å². The zero-order chi connectivity index (χ0) is 15.0.